The number of fused-ring (bicyclic) bond motifs is 4. The summed E-state index contributed by atoms with van der Waals surface area (Å²) in [4.78, 5) is 14.9. The molecule has 2 aromatic heterocycles. The largest absolute Gasteiger partial charge is 0.208 e. The summed E-state index contributed by atoms with van der Waals surface area (Å²) < 4.78 is 60.9. The van der Waals surface area contributed by atoms with E-state index in [0.717, 1.165) is 44.4 Å². The van der Waals surface area contributed by atoms with Crippen LogP contribution in [0.25, 0.3) is 87.4 Å². The zero-order valence-electron chi connectivity index (χ0n) is 31.8. The molecule has 0 aliphatic carbocycles. The van der Waals surface area contributed by atoms with Gasteiger partial charge in [-0.05, 0) is 51.2 Å². The summed E-state index contributed by atoms with van der Waals surface area (Å²) in [5.74, 6) is 1.48. The molecule has 9 aromatic rings. The first-order valence-corrected chi connectivity index (χ1v) is 15.9. The molecular weight excluding hydrogens is 591 g/mol. The molecule has 0 saturated heterocycles. The van der Waals surface area contributed by atoms with Crippen LogP contribution < -0.4 is 0 Å². The molecule has 0 atom stereocenters. The fourth-order valence-electron chi connectivity index (χ4n) is 5.85. The number of thiophene rings is 1. The van der Waals surface area contributed by atoms with Gasteiger partial charge in [0.05, 0.1) is 9.60 Å². The molecule has 0 aliphatic rings. The second kappa shape index (κ2) is 11.4. The second-order valence-corrected chi connectivity index (χ2v) is 12.1. The molecule has 0 fully saturated rings. The molecule has 0 aliphatic heterocycles. The SMILES string of the molecule is [2H]c1c([2H])c([2H])c2c(sc3c([2H])c(-c4ccc(-c5nc(-c6ccccc6)nc(-c6cccc7ccc(-c8ccccc8)cc67)n5)cc4)c([2H])c([2H])c32)c1[2H]. The number of hydrogen-bond acceptors (Lipinski definition) is 4. The van der Waals surface area contributed by atoms with Crippen molar-refractivity contribution in [3.8, 4) is 56.4 Å². The first kappa shape index (κ1) is 20.9. The van der Waals surface area contributed by atoms with Crippen LogP contribution in [0.4, 0.5) is 0 Å². The van der Waals surface area contributed by atoms with Crippen LogP contribution in [-0.2, 0) is 0 Å². The third-order valence-corrected chi connectivity index (χ3v) is 9.24. The first-order valence-electron chi connectivity index (χ1n) is 18.6. The van der Waals surface area contributed by atoms with Gasteiger partial charge >= 0.3 is 0 Å². The van der Waals surface area contributed by atoms with E-state index in [-0.39, 0.29) is 57.3 Å². The van der Waals surface area contributed by atoms with Crippen LogP contribution in [0.15, 0.2) is 164 Å². The lowest BCUT2D eigenvalue weighted by Crippen LogP contribution is -2.00. The van der Waals surface area contributed by atoms with Gasteiger partial charge in [-0.2, -0.15) is 0 Å². The van der Waals surface area contributed by atoms with E-state index in [9.17, 15) is 0 Å². The average molecular weight is 625 g/mol. The Labute approximate surface area is 286 Å². The Hall–Kier alpha value is -5.97. The Morgan fingerprint density at radius 3 is 1.83 bits per heavy atom. The number of benzene rings is 7. The van der Waals surface area contributed by atoms with Crippen LogP contribution in [0.1, 0.15) is 9.60 Å². The molecule has 47 heavy (non-hydrogen) atoms. The third kappa shape index (κ3) is 5.05. The Bertz CT molecular complexity index is 2950. The average Bonchev–Trinajstić information content (AvgIpc) is 3.63. The van der Waals surface area contributed by atoms with Gasteiger partial charge in [-0.1, -0.05) is 145 Å². The molecule has 0 spiro atoms. The van der Waals surface area contributed by atoms with Crippen molar-refractivity contribution in [1.82, 2.24) is 15.0 Å². The summed E-state index contributed by atoms with van der Waals surface area (Å²) in [5, 5.41) is 2.44. The van der Waals surface area contributed by atoms with E-state index in [1.54, 1.807) is 12.1 Å². The van der Waals surface area contributed by atoms with E-state index in [1.807, 2.05) is 72.8 Å². The van der Waals surface area contributed by atoms with Gasteiger partial charge in [0.25, 0.3) is 0 Å². The molecule has 0 amide bonds. The van der Waals surface area contributed by atoms with Gasteiger partial charge in [0.15, 0.2) is 17.5 Å². The summed E-state index contributed by atoms with van der Waals surface area (Å²) in [6.07, 6.45) is 0. The molecule has 3 nitrogen and oxygen atoms in total. The van der Waals surface area contributed by atoms with Crippen molar-refractivity contribution < 1.29 is 9.60 Å². The van der Waals surface area contributed by atoms with Gasteiger partial charge in [-0.25, -0.2) is 15.0 Å². The molecule has 0 unspecified atom stereocenters. The van der Waals surface area contributed by atoms with E-state index >= 15 is 0 Å². The van der Waals surface area contributed by atoms with Crippen LogP contribution in [0.2, 0.25) is 0 Å². The highest BCUT2D eigenvalue weighted by Gasteiger charge is 2.15. The molecule has 2 heterocycles. The fourth-order valence-corrected chi connectivity index (χ4v) is 6.82. The molecule has 4 heteroatoms. The first-order chi connectivity index (χ1) is 26.2. The number of nitrogens with zero attached hydrogens (tertiary/aromatic N) is 3. The van der Waals surface area contributed by atoms with Crippen LogP contribution in [0.3, 0.4) is 0 Å². The van der Waals surface area contributed by atoms with Gasteiger partial charge in [-0.15, -0.1) is 11.3 Å². The molecule has 0 bridgehead atoms. The Balaban J connectivity index is 1.18. The van der Waals surface area contributed by atoms with Crippen LogP contribution in [-0.4, -0.2) is 15.0 Å². The maximum atomic E-state index is 9.15. The Kier molecular flexibility index (Phi) is 5.09. The lowest BCUT2D eigenvalue weighted by Gasteiger charge is -2.12. The predicted octanol–water partition coefficient (Wildman–Crippen LogP) is 11.7. The summed E-state index contributed by atoms with van der Waals surface area (Å²) in [5.41, 5.74) is 5.37. The van der Waals surface area contributed by atoms with Crippen molar-refractivity contribution in [1.29, 1.82) is 0 Å². The minimum atomic E-state index is -0.404. The smallest absolute Gasteiger partial charge is 0.164 e. The highest BCUT2D eigenvalue weighted by molar-refractivity contribution is 7.25. The molecule has 0 N–H and O–H groups in total. The third-order valence-electron chi connectivity index (χ3n) is 8.21. The minimum Gasteiger partial charge on any atom is -0.208 e. The summed E-state index contributed by atoms with van der Waals surface area (Å²) in [7, 11) is 0. The molecule has 7 aromatic carbocycles. The van der Waals surface area contributed by atoms with Gasteiger partial charge in [0, 0.05) is 36.9 Å². The summed E-state index contributed by atoms with van der Waals surface area (Å²) in [6, 6.07) is 38.0. The molecule has 0 radical (unpaired) electrons. The van der Waals surface area contributed by atoms with Crippen molar-refractivity contribution in [2.45, 2.75) is 0 Å². The van der Waals surface area contributed by atoms with Crippen molar-refractivity contribution in [3.63, 3.8) is 0 Å². The fraction of sp³-hybridized carbons (Fsp3) is 0. The van der Waals surface area contributed by atoms with Crippen LogP contribution in [0, 0.1) is 0 Å². The topological polar surface area (TPSA) is 38.7 Å². The van der Waals surface area contributed by atoms with E-state index in [0.29, 0.717) is 33.3 Å². The molecule has 9 rings (SSSR count). The molecule has 0 saturated carbocycles. The van der Waals surface area contributed by atoms with Crippen LogP contribution in [0.5, 0.6) is 0 Å². The predicted molar refractivity (Wildman–Crippen MR) is 197 cm³/mol. The lowest BCUT2D eigenvalue weighted by atomic mass is 9.98. The standard InChI is InChI=1S/C43H27N3S/c1-3-10-28(11-4-1)33-23-20-30-14-9-16-37(38(30)26-33)43-45-41(31-12-5-2-6-13-31)44-42(46-43)32-21-18-29(19-22-32)34-24-25-36-35-15-7-8-17-39(35)47-40(36)27-34/h1-27H/i7D,8D,15D,17D,24D,25D,27D. The maximum Gasteiger partial charge on any atom is 0.164 e. The number of rotatable bonds is 5. The minimum absolute atomic E-state index is 0.00329. The number of aromatic nitrogens is 3. The van der Waals surface area contributed by atoms with E-state index < -0.39 is 6.04 Å². The normalized spacial score (nSPS) is 13.5. The van der Waals surface area contributed by atoms with E-state index in [2.05, 4.69) is 36.4 Å². The highest BCUT2D eigenvalue weighted by Crippen LogP contribution is 2.37. The quantitative estimate of drug-likeness (QED) is 0.191. The van der Waals surface area contributed by atoms with E-state index in [1.165, 1.54) is 0 Å². The van der Waals surface area contributed by atoms with Crippen molar-refractivity contribution in [2.75, 3.05) is 0 Å². The van der Waals surface area contributed by atoms with Crippen LogP contribution >= 0.6 is 11.3 Å². The monoisotopic (exact) mass is 624 g/mol. The second-order valence-electron chi connectivity index (χ2n) is 11.1. The Morgan fingerprint density at radius 1 is 0.426 bits per heavy atom. The summed E-state index contributed by atoms with van der Waals surface area (Å²) in [6.45, 7) is 0. The van der Waals surface area contributed by atoms with Crippen molar-refractivity contribution in [3.05, 3.63) is 164 Å². The van der Waals surface area contributed by atoms with Gasteiger partial charge in [0.1, 0.15) is 0 Å². The Morgan fingerprint density at radius 2 is 1.04 bits per heavy atom. The summed E-state index contributed by atoms with van der Waals surface area (Å²) >= 11 is 1.05. The zero-order valence-corrected chi connectivity index (χ0v) is 25.6. The van der Waals surface area contributed by atoms with Gasteiger partial charge in [0.2, 0.25) is 0 Å². The molecule has 220 valence electrons. The van der Waals surface area contributed by atoms with Crippen molar-refractivity contribution >= 4 is 42.3 Å². The zero-order chi connectivity index (χ0) is 37.2. The molecular formula is C43H27N3S. The van der Waals surface area contributed by atoms with Gasteiger partial charge < -0.3 is 0 Å². The lowest BCUT2D eigenvalue weighted by molar-refractivity contribution is 1.08. The van der Waals surface area contributed by atoms with E-state index in [4.69, 9.17) is 24.5 Å². The van der Waals surface area contributed by atoms with Crippen molar-refractivity contribution in [2.24, 2.45) is 0 Å². The highest BCUT2D eigenvalue weighted by atomic mass is 32.1. The van der Waals surface area contributed by atoms with Gasteiger partial charge in [-0.3, -0.25) is 0 Å². The maximum absolute atomic E-state index is 9.15. The number of hydrogen-bond donors (Lipinski definition) is 0.